The van der Waals surface area contributed by atoms with Crippen molar-refractivity contribution in [1.29, 1.82) is 0 Å². The molecule has 0 fully saturated rings. The molecule has 392 valence electrons. The largest absolute Gasteiger partial charge is 0.381 e. The molecule has 0 aliphatic rings. The molecule has 0 heterocycles. The van der Waals surface area contributed by atoms with Crippen LogP contribution in [0.4, 0.5) is 0 Å². The highest BCUT2D eigenvalue weighted by Crippen LogP contribution is 2.16. The molecule has 0 aromatic rings. The Morgan fingerprint density at radius 2 is 0.636 bits per heavy atom. The fraction of sp³-hybridized carbons (Fsp3) is 0.871. The van der Waals surface area contributed by atoms with E-state index in [-0.39, 0.29) is 0 Å². The molecule has 2 atom stereocenters. The highest BCUT2D eigenvalue weighted by Gasteiger charge is 2.11. The van der Waals surface area contributed by atoms with Gasteiger partial charge in [-0.2, -0.15) is 0 Å². The average Bonchev–Trinajstić information content (AvgIpc) is 3.31. The molecule has 2 unspecified atom stereocenters. The summed E-state index contributed by atoms with van der Waals surface area (Å²) in [5.74, 6) is 1.27. The molecule has 0 bridgehead atoms. The average molecular weight is 928 g/mol. The SMILES string of the molecule is CCCCC/C=C\C/C=C\CCCCCCCCOCC(CCCCCCCCC)CN(C)C.CCCCC/C=C\C/C=C\CCCCCCCCOCC(CN)CCCCCCCCC. The van der Waals surface area contributed by atoms with Gasteiger partial charge in [0.15, 0.2) is 0 Å². The van der Waals surface area contributed by atoms with Crippen LogP contribution in [-0.4, -0.2) is 58.5 Å². The van der Waals surface area contributed by atoms with Crippen LogP contribution < -0.4 is 5.73 Å². The van der Waals surface area contributed by atoms with Crippen molar-refractivity contribution in [2.75, 3.05) is 53.6 Å². The fourth-order valence-electron chi connectivity index (χ4n) is 8.68. The Balaban J connectivity index is 0. The second-order valence-electron chi connectivity index (χ2n) is 20.4. The normalized spacial score (nSPS) is 13.0. The number of hydrogen-bond acceptors (Lipinski definition) is 4. The van der Waals surface area contributed by atoms with Gasteiger partial charge in [-0.05, 0) is 122 Å². The van der Waals surface area contributed by atoms with E-state index in [9.17, 15) is 0 Å². The molecule has 0 aliphatic heterocycles. The minimum Gasteiger partial charge on any atom is -0.381 e. The standard InChI is InChI=1S/C32H63NO.C30H59NO/c1-5-7-9-11-13-14-15-16-17-18-19-20-21-23-25-27-29-34-31-32(30-33(3)4)28-26-24-22-12-10-8-6-2;1-3-5-7-9-11-12-13-14-15-16-17-18-19-21-23-25-27-32-29-30(28-31)26-24-22-20-10-8-6-4-2/h13-14,16-17,32H,5-12,15,18-31H2,1-4H3;11-12,14-15,30H,3-10,13,16-29,31H2,1-2H3/b14-13-,17-16-;12-11-,15-14-. The van der Waals surface area contributed by atoms with Crippen molar-refractivity contribution in [3.8, 4) is 0 Å². The first kappa shape index (κ1) is 66.9. The Bertz CT molecular complexity index is 973. The third-order valence-electron chi connectivity index (χ3n) is 13.1. The zero-order valence-corrected chi connectivity index (χ0v) is 46.1. The number of allylic oxidation sites excluding steroid dienone is 8. The molecule has 0 aromatic heterocycles. The Morgan fingerprint density at radius 1 is 0.348 bits per heavy atom. The Kier molecular flexibility index (Phi) is 62.6. The van der Waals surface area contributed by atoms with Crippen molar-refractivity contribution in [2.45, 2.75) is 285 Å². The minimum absolute atomic E-state index is 0.565. The smallest absolute Gasteiger partial charge is 0.0506 e. The Hall–Kier alpha value is -1.20. The molecule has 0 saturated heterocycles. The lowest BCUT2D eigenvalue weighted by Gasteiger charge is -2.21. The van der Waals surface area contributed by atoms with Gasteiger partial charge in [0.05, 0.1) is 13.2 Å². The van der Waals surface area contributed by atoms with Crippen molar-refractivity contribution in [3.05, 3.63) is 48.6 Å². The van der Waals surface area contributed by atoms with Crippen LogP contribution in [0.25, 0.3) is 0 Å². The van der Waals surface area contributed by atoms with E-state index < -0.39 is 0 Å². The predicted molar refractivity (Wildman–Crippen MR) is 300 cm³/mol. The number of hydrogen-bond donors (Lipinski definition) is 1. The summed E-state index contributed by atoms with van der Waals surface area (Å²) >= 11 is 0. The Morgan fingerprint density at radius 3 is 1.00 bits per heavy atom. The van der Waals surface area contributed by atoms with Crippen LogP contribution in [0.5, 0.6) is 0 Å². The highest BCUT2D eigenvalue weighted by atomic mass is 16.5. The van der Waals surface area contributed by atoms with Gasteiger partial charge in [0.25, 0.3) is 0 Å². The lowest BCUT2D eigenvalue weighted by Crippen LogP contribution is -2.25. The second-order valence-corrected chi connectivity index (χ2v) is 20.4. The van der Waals surface area contributed by atoms with Crippen LogP contribution in [-0.2, 0) is 9.47 Å². The van der Waals surface area contributed by atoms with Gasteiger partial charge in [0.2, 0.25) is 0 Å². The lowest BCUT2D eigenvalue weighted by molar-refractivity contribution is 0.0816. The first-order chi connectivity index (χ1) is 32.5. The van der Waals surface area contributed by atoms with E-state index >= 15 is 0 Å². The van der Waals surface area contributed by atoms with E-state index in [4.69, 9.17) is 15.2 Å². The quantitative estimate of drug-likeness (QED) is 0.0488. The number of rotatable bonds is 53. The Labute approximate surface area is 417 Å². The fourth-order valence-corrected chi connectivity index (χ4v) is 8.68. The van der Waals surface area contributed by atoms with Gasteiger partial charge in [-0.1, -0.05) is 243 Å². The first-order valence-electron chi connectivity index (χ1n) is 29.7. The monoisotopic (exact) mass is 927 g/mol. The zero-order chi connectivity index (χ0) is 48.3. The van der Waals surface area contributed by atoms with Crippen LogP contribution in [0.3, 0.4) is 0 Å². The maximum absolute atomic E-state index is 6.08. The van der Waals surface area contributed by atoms with E-state index in [1.165, 1.54) is 251 Å². The minimum atomic E-state index is 0.565. The zero-order valence-electron chi connectivity index (χ0n) is 46.1. The van der Waals surface area contributed by atoms with E-state index in [1.54, 1.807) is 0 Å². The molecule has 66 heavy (non-hydrogen) atoms. The van der Waals surface area contributed by atoms with E-state index in [1.807, 2.05) is 0 Å². The van der Waals surface area contributed by atoms with Crippen molar-refractivity contribution < 1.29 is 9.47 Å². The molecule has 0 aliphatic carbocycles. The lowest BCUT2D eigenvalue weighted by atomic mass is 10.00. The number of unbranched alkanes of at least 4 members (excludes halogenated alkanes) is 30. The predicted octanol–water partition coefficient (Wildman–Crippen LogP) is 19.7. The molecular formula is C62H122N2O2. The molecule has 0 spiro atoms. The third kappa shape index (κ3) is 60.8. The van der Waals surface area contributed by atoms with Crippen molar-refractivity contribution in [1.82, 2.24) is 4.90 Å². The van der Waals surface area contributed by atoms with Gasteiger partial charge < -0.3 is 20.1 Å². The van der Waals surface area contributed by atoms with Gasteiger partial charge >= 0.3 is 0 Å². The van der Waals surface area contributed by atoms with Gasteiger partial charge in [-0.25, -0.2) is 0 Å². The molecule has 0 saturated carbocycles. The maximum atomic E-state index is 6.08. The summed E-state index contributed by atoms with van der Waals surface area (Å²) in [6, 6.07) is 0. The van der Waals surface area contributed by atoms with E-state index in [0.29, 0.717) is 11.8 Å². The van der Waals surface area contributed by atoms with Crippen LogP contribution in [0.15, 0.2) is 48.6 Å². The number of nitrogens with zero attached hydrogens (tertiary/aromatic N) is 1. The molecule has 4 nitrogen and oxygen atoms in total. The molecule has 0 rings (SSSR count). The van der Waals surface area contributed by atoms with Crippen LogP contribution in [0.1, 0.15) is 285 Å². The summed E-state index contributed by atoms with van der Waals surface area (Å²) in [5.41, 5.74) is 5.94. The first-order valence-corrected chi connectivity index (χ1v) is 29.7. The summed E-state index contributed by atoms with van der Waals surface area (Å²) in [5, 5.41) is 0. The topological polar surface area (TPSA) is 47.7 Å². The second kappa shape index (κ2) is 61.8. The van der Waals surface area contributed by atoms with E-state index in [2.05, 4.69) is 95.3 Å². The van der Waals surface area contributed by atoms with Gasteiger partial charge in [-0.15, -0.1) is 0 Å². The molecule has 0 radical (unpaired) electrons. The van der Waals surface area contributed by atoms with Crippen molar-refractivity contribution in [3.63, 3.8) is 0 Å². The summed E-state index contributed by atoms with van der Waals surface area (Å²) in [4.78, 5) is 2.33. The molecule has 0 amide bonds. The summed E-state index contributed by atoms with van der Waals surface area (Å²) in [6.45, 7) is 14.7. The van der Waals surface area contributed by atoms with Crippen LogP contribution in [0, 0.1) is 11.8 Å². The molecule has 2 N–H and O–H groups in total. The van der Waals surface area contributed by atoms with Crippen LogP contribution >= 0.6 is 0 Å². The highest BCUT2D eigenvalue weighted by molar-refractivity contribution is 4.93. The van der Waals surface area contributed by atoms with Gasteiger partial charge in [-0.3, -0.25) is 0 Å². The molecular weight excluding hydrogens is 805 g/mol. The maximum Gasteiger partial charge on any atom is 0.0506 e. The summed E-state index contributed by atoms with van der Waals surface area (Å²) in [7, 11) is 4.39. The number of ether oxygens (including phenoxy) is 2. The van der Waals surface area contributed by atoms with Crippen LogP contribution in [0.2, 0.25) is 0 Å². The summed E-state index contributed by atoms with van der Waals surface area (Å²) in [6.07, 6.45) is 72.0. The molecule has 0 aromatic carbocycles. The van der Waals surface area contributed by atoms with Gasteiger partial charge in [0, 0.05) is 19.8 Å². The van der Waals surface area contributed by atoms with Crippen molar-refractivity contribution >= 4 is 0 Å². The van der Waals surface area contributed by atoms with Gasteiger partial charge in [0.1, 0.15) is 0 Å². The van der Waals surface area contributed by atoms with E-state index in [0.717, 1.165) is 45.8 Å². The number of nitrogens with two attached hydrogens (primary N) is 1. The van der Waals surface area contributed by atoms with Crippen molar-refractivity contribution in [2.24, 2.45) is 17.6 Å². The molecule has 4 heteroatoms. The summed E-state index contributed by atoms with van der Waals surface area (Å²) < 4.78 is 12.0. The third-order valence-corrected chi connectivity index (χ3v) is 13.1.